The molecule has 1 aromatic heterocycles. The summed E-state index contributed by atoms with van der Waals surface area (Å²) in [7, 11) is 0. The smallest absolute Gasteiger partial charge is 0.0738 e. The second-order valence-electron chi connectivity index (χ2n) is 5.63. The number of halogens is 1. The second kappa shape index (κ2) is 6.86. The molecular formula is C14H26BrN3O. The number of aliphatic hydroxyl groups excluding tert-OH is 1. The van der Waals surface area contributed by atoms with E-state index >= 15 is 0 Å². The summed E-state index contributed by atoms with van der Waals surface area (Å²) in [5.41, 5.74) is 1.89. The van der Waals surface area contributed by atoms with Crippen molar-refractivity contribution in [3.05, 3.63) is 15.9 Å². The van der Waals surface area contributed by atoms with Crippen molar-refractivity contribution in [1.82, 2.24) is 15.1 Å². The summed E-state index contributed by atoms with van der Waals surface area (Å²) in [6.07, 6.45) is 1.91. The van der Waals surface area contributed by atoms with E-state index in [-0.39, 0.29) is 18.2 Å². The molecule has 0 aliphatic rings. The normalized spacial score (nSPS) is 16.4. The number of rotatable bonds is 7. The minimum Gasteiger partial charge on any atom is -0.394 e. The average molecular weight is 332 g/mol. The molecule has 0 saturated heterocycles. The lowest BCUT2D eigenvalue weighted by Crippen LogP contribution is -2.47. The zero-order valence-corrected chi connectivity index (χ0v) is 14.2. The first-order chi connectivity index (χ1) is 8.84. The van der Waals surface area contributed by atoms with Crippen molar-refractivity contribution in [3.63, 3.8) is 0 Å². The van der Waals surface area contributed by atoms with Crippen LogP contribution >= 0.6 is 15.9 Å². The molecule has 0 radical (unpaired) electrons. The van der Waals surface area contributed by atoms with Gasteiger partial charge in [-0.25, -0.2) is 0 Å². The van der Waals surface area contributed by atoms with Crippen molar-refractivity contribution >= 4 is 15.9 Å². The number of aromatic nitrogens is 2. The van der Waals surface area contributed by atoms with Gasteiger partial charge in [0.15, 0.2) is 0 Å². The third kappa shape index (κ3) is 4.04. The number of aliphatic hydroxyl groups is 1. The molecule has 0 fully saturated rings. The zero-order chi connectivity index (χ0) is 14.6. The maximum Gasteiger partial charge on any atom is 0.0738 e. The van der Waals surface area contributed by atoms with E-state index in [0.29, 0.717) is 0 Å². The average Bonchev–Trinajstić information content (AvgIpc) is 2.64. The summed E-state index contributed by atoms with van der Waals surface area (Å²) >= 11 is 3.56. The maximum absolute atomic E-state index is 9.64. The van der Waals surface area contributed by atoms with Crippen molar-refractivity contribution < 1.29 is 5.11 Å². The largest absolute Gasteiger partial charge is 0.394 e. The molecule has 0 bridgehead atoms. The number of nitrogens with one attached hydrogen (secondary N) is 1. The van der Waals surface area contributed by atoms with E-state index in [9.17, 15) is 5.11 Å². The standard InChI is InChI=1S/C14H26BrN3O/c1-6-7-16-14(5,9-19)8-10(2)18-12(4)13(15)11(3)17-18/h10,16,19H,6-9H2,1-5H3. The third-order valence-electron chi connectivity index (χ3n) is 3.55. The van der Waals surface area contributed by atoms with Crippen LogP contribution in [0, 0.1) is 13.8 Å². The van der Waals surface area contributed by atoms with Gasteiger partial charge in [0.2, 0.25) is 0 Å². The Morgan fingerprint density at radius 2 is 2.11 bits per heavy atom. The highest BCUT2D eigenvalue weighted by Gasteiger charge is 2.27. The molecule has 19 heavy (non-hydrogen) atoms. The Morgan fingerprint density at radius 1 is 1.47 bits per heavy atom. The van der Waals surface area contributed by atoms with Gasteiger partial charge in [0.25, 0.3) is 0 Å². The van der Waals surface area contributed by atoms with E-state index in [1.54, 1.807) is 0 Å². The molecule has 1 aromatic rings. The van der Waals surface area contributed by atoms with Gasteiger partial charge in [0.1, 0.15) is 0 Å². The fourth-order valence-electron chi connectivity index (χ4n) is 2.43. The summed E-state index contributed by atoms with van der Waals surface area (Å²) in [6, 6.07) is 0.242. The van der Waals surface area contributed by atoms with Crippen LogP contribution in [-0.4, -0.2) is 33.6 Å². The Bertz CT molecular complexity index is 419. The molecule has 1 rings (SSSR count). The molecule has 4 nitrogen and oxygen atoms in total. The van der Waals surface area contributed by atoms with Gasteiger partial charge in [0, 0.05) is 5.54 Å². The van der Waals surface area contributed by atoms with Crippen molar-refractivity contribution in [2.75, 3.05) is 13.2 Å². The second-order valence-corrected chi connectivity index (χ2v) is 6.42. The van der Waals surface area contributed by atoms with Crippen LogP contribution in [0.1, 0.15) is 51.0 Å². The Hall–Kier alpha value is -0.390. The fourth-order valence-corrected chi connectivity index (χ4v) is 2.69. The van der Waals surface area contributed by atoms with Gasteiger partial charge in [0.05, 0.1) is 28.5 Å². The van der Waals surface area contributed by atoms with Crippen LogP contribution in [0.2, 0.25) is 0 Å². The first kappa shape index (κ1) is 16.7. The first-order valence-electron chi connectivity index (χ1n) is 6.91. The van der Waals surface area contributed by atoms with Crippen LogP contribution in [0.4, 0.5) is 0 Å². The quantitative estimate of drug-likeness (QED) is 0.807. The van der Waals surface area contributed by atoms with E-state index in [2.05, 4.69) is 54.0 Å². The van der Waals surface area contributed by atoms with Gasteiger partial charge in [-0.2, -0.15) is 5.10 Å². The van der Waals surface area contributed by atoms with Crippen molar-refractivity contribution in [1.29, 1.82) is 0 Å². The number of aryl methyl sites for hydroxylation is 1. The van der Waals surface area contributed by atoms with Crippen LogP contribution in [0.5, 0.6) is 0 Å². The molecule has 0 amide bonds. The third-order valence-corrected chi connectivity index (χ3v) is 4.70. The first-order valence-corrected chi connectivity index (χ1v) is 7.71. The Labute approximate surface area is 124 Å². The Morgan fingerprint density at radius 3 is 2.53 bits per heavy atom. The molecule has 1 heterocycles. The van der Waals surface area contributed by atoms with Crippen molar-refractivity contribution in [3.8, 4) is 0 Å². The summed E-state index contributed by atoms with van der Waals surface area (Å²) in [6.45, 7) is 11.5. The van der Waals surface area contributed by atoms with Gasteiger partial charge in [-0.05, 0) is 63.0 Å². The summed E-state index contributed by atoms with van der Waals surface area (Å²) in [5, 5.41) is 17.6. The lowest BCUT2D eigenvalue weighted by Gasteiger charge is -2.32. The van der Waals surface area contributed by atoms with Crippen LogP contribution < -0.4 is 5.32 Å². The summed E-state index contributed by atoms with van der Waals surface area (Å²) in [5.74, 6) is 0. The molecule has 0 saturated carbocycles. The van der Waals surface area contributed by atoms with E-state index < -0.39 is 0 Å². The number of hydrogen-bond acceptors (Lipinski definition) is 3. The summed E-state index contributed by atoms with van der Waals surface area (Å²) in [4.78, 5) is 0. The van der Waals surface area contributed by atoms with Gasteiger partial charge in [-0.1, -0.05) is 6.92 Å². The number of nitrogens with zero attached hydrogens (tertiary/aromatic N) is 2. The highest BCUT2D eigenvalue weighted by atomic mass is 79.9. The predicted molar refractivity (Wildman–Crippen MR) is 82.5 cm³/mol. The van der Waals surface area contributed by atoms with Crippen molar-refractivity contribution in [2.24, 2.45) is 0 Å². The molecule has 2 atom stereocenters. The Kier molecular flexibility index (Phi) is 6.02. The van der Waals surface area contributed by atoms with E-state index in [1.807, 2.05) is 11.6 Å². The number of hydrogen-bond donors (Lipinski definition) is 2. The fraction of sp³-hybridized carbons (Fsp3) is 0.786. The van der Waals surface area contributed by atoms with Gasteiger partial charge in [-0.15, -0.1) is 0 Å². The van der Waals surface area contributed by atoms with E-state index in [1.165, 1.54) is 0 Å². The van der Waals surface area contributed by atoms with E-state index in [0.717, 1.165) is 35.2 Å². The molecule has 110 valence electrons. The Balaban J connectivity index is 2.82. The molecule has 0 aromatic carbocycles. The maximum atomic E-state index is 9.64. The lowest BCUT2D eigenvalue weighted by molar-refractivity contribution is 0.148. The molecule has 2 unspecified atom stereocenters. The highest BCUT2D eigenvalue weighted by Crippen LogP contribution is 2.27. The zero-order valence-electron chi connectivity index (χ0n) is 12.6. The SMILES string of the molecule is CCCNC(C)(CO)CC(C)n1nc(C)c(Br)c1C. The van der Waals surface area contributed by atoms with Crippen LogP contribution in [0.15, 0.2) is 4.47 Å². The molecular weight excluding hydrogens is 306 g/mol. The highest BCUT2D eigenvalue weighted by molar-refractivity contribution is 9.10. The topological polar surface area (TPSA) is 50.1 Å². The molecule has 0 spiro atoms. The lowest BCUT2D eigenvalue weighted by atomic mass is 9.94. The summed E-state index contributed by atoms with van der Waals surface area (Å²) < 4.78 is 3.12. The van der Waals surface area contributed by atoms with Gasteiger partial charge < -0.3 is 10.4 Å². The van der Waals surface area contributed by atoms with Crippen LogP contribution in [0.25, 0.3) is 0 Å². The monoisotopic (exact) mass is 331 g/mol. The predicted octanol–water partition coefficient (Wildman–Crippen LogP) is 2.96. The minimum absolute atomic E-state index is 0.137. The molecule has 5 heteroatoms. The van der Waals surface area contributed by atoms with Crippen molar-refractivity contribution in [2.45, 2.75) is 59.0 Å². The minimum atomic E-state index is -0.256. The van der Waals surface area contributed by atoms with Crippen LogP contribution in [0.3, 0.4) is 0 Å². The van der Waals surface area contributed by atoms with Crippen LogP contribution in [-0.2, 0) is 0 Å². The molecule has 0 aliphatic carbocycles. The molecule has 2 N–H and O–H groups in total. The van der Waals surface area contributed by atoms with Gasteiger partial charge in [-0.3, -0.25) is 4.68 Å². The molecule has 0 aliphatic heterocycles. The van der Waals surface area contributed by atoms with Gasteiger partial charge >= 0.3 is 0 Å². The van der Waals surface area contributed by atoms with E-state index in [4.69, 9.17) is 0 Å².